The van der Waals surface area contributed by atoms with Gasteiger partial charge in [-0.2, -0.15) is 0 Å². The largest absolute Gasteiger partial charge is 0.497 e. The van der Waals surface area contributed by atoms with E-state index in [1.54, 1.807) is 16.2 Å². The van der Waals surface area contributed by atoms with Crippen LogP contribution in [0.2, 0.25) is 0 Å². The molecule has 3 heterocycles. The first-order chi connectivity index (χ1) is 11.7. The third-order valence-corrected chi connectivity index (χ3v) is 4.87. The van der Waals surface area contributed by atoms with Crippen molar-refractivity contribution in [2.24, 2.45) is 0 Å². The Hall–Kier alpha value is -2.34. The first kappa shape index (κ1) is 15.2. The van der Waals surface area contributed by atoms with Gasteiger partial charge in [-0.25, -0.2) is 13.9 Å². The van der Waals surface area contributed by atoms with Gasteiger partial charge in [0.25, 0.3) is 0 Å². The van der Waals surface area contributed by atoms with E-state index in [1.165, 1.54) is 12.8 Å². The zero-order valence-electron chi connectivity index (χ0n) is 14.2. The highest BCUT2D eigenvalue weighted by molar-refractivity contribution is 5.84. The topological polar surface area (TPSA) is 51.8 Å². The second-order valence-electron chi connectivity index (χ2n) is 6.47. The molecule has 1 fully saturated rings. The van der Waals surface area contributed by atoms with E-state index in [2.05, 4.69) is 16.1 Å². The van der Waals surface area contributed by atoms with Crippen molar-refractivity contribution in [3.05, 3.63) is 40.3 Å². The van der Waals surface area contributed by atoms with Crippen LogP contribution in [-0.4, -0.2) is 45.8 Å². The van der Waals surface area contributed by atoms with E-state index in [0.29, 0.717) is 6.54 Å². The Kier molecular flexibility index (Phi) is 3.76. The SMILES string of the molecule is COc1ccc2c(c1)cc(C)c1nn(CCN3CCCC3)c(=O)n12. The van der Waals surface area contributed by atoms with Crippen molar-refractivity contribution in [1.82, 2.24) is 19.1 Å². The van der Waals surface area contributed by atoms with Gasteiger partial charge >= 0.3 is 5.69 Å². The monoisotopic (exact) mass is 326 g/mol. The molecular formula is C18H22N4O2. The van der Waals surface area contributed by atoms with Crippen molar-refractivity contribution in [3.8, 4) is 5.75 Å². The van der Waals surface area contributed by atoms with Crippen LogP contribution in [0.5, 0.6) is 5.75 Å². The number of pyridine rings is 1. The second-order valence-corrected chi connectivity index (χ2v) is 6.47. The van der Waals surface area contributed by atoms with Crippen LogP contribution < -0.4 is 10.4 Å². The molecule has 3 aromatic rings. The highest BCUT2D eigenvalue weighted by atomic mass is 16.5. The van der Waals surface area contributed by atoms with Crippen LogP contribution in [0, 0.1) is 6.92 Å². The maximum Gasteiger partial charge on any atom is 0.350 e. The summed E-state index contributed by atoms with van der Waals surface area (Å²) in [6.45, 7) is 5.77. The third-order valence-electron chi connectivity index (χ3n) is 4.87. The zero-order chi connectivity index (χ0) is 16.7. The fraction of sp³-hybridized carbons (Fsp3) is 0.444. The molecule has 0 saturated carbocycles. The molecule has 0 N–H and O–H groups in total. The maximum atomic E-state index is 12.9. The molecule has 4 rings (SSSR count). The van der Waals surface area contributed by atoms with Crippen molar-refractivity contribution in [3.63, 3.8) is 0 Å². The van der Waals surface area contributed by atoms with E-state index >= 15 is 0 Å². The van der Waals surface area contributed by atoms with Crippen LogP contribution in [0.4, 0.5) is 0 Å². The number of aryl methyl sites for hydroxylation is 1. The van der Waals surface area contributed by atoms with E-state index in [4.69, 9.17) is 4.74 Å². The molecule has 0 radical (unpaired) electrons. The fourth-order valence-corrected chi connectivity index (χ4v) is 3.54. The first-order valence-corrected chi connectivity index (χ1v) is 8.46. The average Bonchev–Trinajstić information content (AvgIpc) is 3.21. The number of ether oxygens (including phenoxy) is 1. The number of nitrogens with zero attached hydrogens (tertiary/aromatic N) is 4. The summed E-state index contributed by atoms with van der Waals surface area (Å²) in [5, 5.41) is 5.56. The van der Waals surface area contributed by atoms with Crippen LogP contribution in [-0.2, 0) is 6.54 Å². The molecule has 2 aromatic heterocycles. The Bertz CT molecular complexity index is 951. The quantitative estimate of drug-likeness (QED) is 0.736. The number of likely N-dealkylation sites (tertiary alicyclic amines) is 1. The van der Waals surface area contributed by atoms with Gasteiger partial charge in [-0.15, -0.1) is 5.10 Å². The molecule has 0 spiro atoms. The Morgan fingerprint density at radius 1 is 1.17 bits per heavy atom. The van der Waals surface area contributed by atoms with Crippen LogP contribution in [0.1, 0.15) is 18.4 Å². The molecule has 1 aliphatic heterocycles. The smallest absolute Gasteiger partial charge is 0.350 e. The lowest BCUT2D eigenvalue weighted by Gasteiger charge is -2.13. The minimum atomic E-state index is -0.0666. The summed E-state index contributed by atoms with van der Waals surface area (Å²) in [5.74, 6) is 0.788. The van der Waals surface area contributed by atoms with Crippen molar-refractivity contribution in [1.29, 1.82) is 0 Å². The van der Waals surface area contributed by atoms with E-state index in [-0.39, 0.29) is 5.69 Å². The number of aromatic nitrogens is 3. The number of hydrogen-bond acceptors (Lipinski definition) is 4. The summed E-state index contributed by atoms with van der Waals surface area (Å²) >= 11 is 0. The maximum absolute atomic E-state index is 12.9. The Morgan fingerprint density at radius 3 is 2.71 bits per heavy atom. The summed E-state index contributed by atoms with van der Waals surface area (Å²) in [6.07, 6.45) is 2.51. The van der Waals surface area contributed by atoms with Crippen LogP contribution in [0.25, 0.3) is 16.6 Å². The molecule has 0 amide bonds. The highest BCUT2D eigenvalue weighted by Gasteiger charge is 2.15. The van der Waals surface area contributed by atoms with Crippen molar-refractivity contribution in [2.75, 3.05) is 26.7 Å². The molecule has 0 bridgehead atoms. The number of rotatable bonds is 4. The normalized spacial score (nSPS) is 15.6. The van der Waals surface area contributed by atoms with Crippen molar-refractivity contribution >= 4 is 16.6 Å². The van der Waals surface area contributed by atoms with Gasteiger partial charge in [0.1, 0.15) is 5.75 Å². The second kappa shape index (κ2) is 5.94. The summed E-state index contributed by atoms with van der Waals surface area (Å²) in [5.41, 5.74) is 2.53. The Morgan fingerprint density at radius 2 is 1.96 bits per heavy atom. The lowest BCUT2D eigenvalue weighted by Crippen LogP contribution is -2.29. The molecule has 6 nitrogen and oxygen atoms in total. The minimum Gasteiger partial charge on any atom is -0.497 e. The number of fused-ring (bicyclic) bond motifs is 3. The molecular weight excluding hydrogens is 304 g/mol. The highest BCUT2D eigenvalue weighted by Crippen LogP contribution is 2.23. The van der Waals surface area contributed by atoms with Crippen molar-refractivity contribution in [2.45, 2.75) is 26.3 Å². The van der Waals surface area contributed by atoms with Gasteiger partial charge in [0.15, 0.2) is 5.65 Å². The summed E-state index contributed by atoms with van der Waals surface area (Å²) in [7, 11) is 1.65. The third kappa shape index (κ3) is 2.47. The van der Waals surface area contributed by atoms with E-state index in [0.717, 1.165) is 47.5 Å². The lowest BCUT2D eigenvalue weighted by atomic mass is 10.1. The molecule has 24 heavy (non-hydrogen) atoms. The number of benzene rings is 1. The van der Waals surface area contributed by atoms with E-state index in [9.17, 15) is 4.79 Å². The lowest BCUT2D eigenvalue weighted by molar-refractivity contribution is 0.313. The summed E-state index contributed by atoms with van der Waals surface area (Å²) < 4.78 is 8.61. The van der Waals surface area contributed by atoms with E-state index < -0.39 is 0 Å². The van der Waals surface area contributed by atoms with Gasteiger partial charge in [0.2, 0.25) is 0 Å². The van der Waals surface area contributed by atoms with Crippen LogP contribution in [0.3, 0.4) is 0 Å². The van der Waals surface area contributed by atoms with Gasteiger partial charge in [-0.05, 0) is 62.7 Å². The Labute approximate surface area is 140 Å². The van der Waals surface area contributed by atoms with Gasteiger partial charge in [0.05, 0.1) is 19.2 Å². The molecule has 0 aliphatic carbocycles. The van der Waals surface area contributed by atoms with Gasteiger partial charge in [-0.1, -0.05) is 0 Å². The molecule has 0 atom stereocenters. The average molecular weight is 326 g/mol. The van der Waals surface area contributed by atoms with E-state index in [1.807, 2.05) is 25.1 Å². The predicted octanol–water partition coefficient (Wildman–Crippen LogP) is 2.06. The van der Waals surface area contributed by atoms with Crippen LogP contribution >= 0.6 is 0 Å². The first-order valence-electron chi connectivity index (χ1n) is 8.46. The minimum absolute atomic E-state index is 0.0666. The molecule has 1 aromatic carbocycles. The van der Waals surface area contributed by atoms with Gasteiger partial charge in [-0.3, -0.25) is 0 Å². The Balaban J connectivity index is 1.80. The summed E-state index contributed by atoms with van der Waals surface area (Å²) in [6, 6.07) is 7.82. The number of methoxy groups -OCH3 is 1. The fourth-order valence-electron chi connectivity index (χ4n) is 3.54. The van der Waals surface area contributed by atoms with Gasteiger partial charge in [0, 0.05) is 11.9 Å². The van der Waals surface area contributed by atoms with Crippen molar-refractivity contribution < 1.29 is 4.74 Å². The summed E-state index contributed by atoms with van der Waals surface area (Å²) in [4.78, 5) is 15.3. The van der Waals surface area contributed by atoms with Crippen LogP contribution in [0.15, 0.2) is 29.1 Å². The molecule has 126 valence electrons. The molecule has 0 unspecified atom stereocenters. The molecule has 1 saturated heterocycles. The standard InChI is InChI=1S/C18H22N4O2/c1-13-11-14-12-15(24-2)5-6-16(14)22-17(13)19-21(18(22)23)10-9-20-7-3-4-8-20/h5-6,11-12H,3-4,7-10H2,1-2H3. The molecule has 1 aliphatic rings. The van der Waals surface area contributed by atoms with Gasteiger partial charge < -0.3 is 9.64 Å². The number of hydrogen-bond donors (Lipinski definition) is 0. The predicted molar refractivity (Wildman–Crippen MR) is 93.9 cm³/mol. The molecule has 6 heteroatoms. The zero-order valence-corrected chi connectivity index (χ0v) is 14.2.